The maximum Gasteiger partial charge on any atom is 0.0824 e. The Morgan fingerprint density at radius 1 is 0.435 bits per heavy atom. The normalized spacial score (nSPS) is 11.3. The minimum absolute atomic E-state index is 0.0557. The minimum Gasteiger partial charge on any atom is -0.397 e. The molecule has 0 radical (unpaired) electrons. The van der Waals surface area contributed by atoms with Crippen molar-refractivity contribution < 1.29 is 0 Å². The van der Waals surface area contributed by atoms with Gasteiger partial charge in [0.15, 0.2) is 0 Å². The summed E-state index contributed by atoms with van der Waals surface area (Å²) in [6, 6.07) is 0. The van der Waals surface area contributed by atoms with E-state index in [9.17, 15) is 0 Å². The van der Waals surface area contributed by atoms with Gasteiger partial charge in [-0.1, -0.05) is 8.58 Å². The molecule has 2 rings (SSSR count). The molecule has 18 N–H and O–H groups in total. The van der Waals surface area contributed by atoms with Gasteiger partial charge in [-0.3, -0.25) is 0 Å². The maximum atomic E-state index is 6.08. The van der Waals surface area contributed by atoms with Gasteiger partial charge in [0, 0.05) is 10.6 Å². The van der Waals surface area contributed by atoms with Crippen LogP contribution in [0.5, 0.6) is 0 Å². The van der Waals surface area contributed by atoms with Crippen molar-refractivity contribution in [3.8, 4) is 0 Å². The van der Waals surface area contributed by atoms with Crippen molar-refractivity contribution in [2.45, 2.75) is 6.92 Å². The summed E-state index contributed by atoms with van der Waals surface area (Å²) in [4.78, 5) is 0. The molecule has 0 aromatic heterocycles. The van der Waals surface area contributed by atoms with Gasteiger partial charge >= 0.3 is 0 Å². The van der Waals surface area contributed by atoms with Crippen LogP contribution in [0.25, 0.3) is 0 Å². The van der Waals surface area contributed by atoms with E-state index in [0.29, 0.717) is 27.5 Å². The van der Waals surface area contributed by atoms with Crippen LogP contribution in [0.1, 0.15) is 5.56 Å². The van der Waals surface area contributed by atoms with Crippen LogP contribution in [0, 0.1) is 6.92 Å². The lowest BCUT2D eigenvalue weighted by Gasteiger charge is -2.20. The van der Waals surface area contributed by atoms with Gasteiger partial charge in [0.2, 0.25) is 0 Å². The van der Waals surface area contributed by atoms with E-state index in [4.69, 9.17) is 51.6 Å². The standard InChI is InChI=1S/C13H22N9P/c1-2-3(14)4(15)6(17)9(20)12(2)23-13-10(21)7(18)5(16)8(19)11(13)22/h23H,14-22H2,1H3. The van der Waals surface area contributed by atoms with Gasteiger partial charge in [0.1, 0.15) is 0 Å². The fourth-order valence-corrected chi connectivity index (χ4v) is 3.61. The molecule has 0 heterocycles. The number of nitrogen functional groups attached to an aromatic ring is 9. The van der Waals surface area contributed by atoms with Crippen molar-refractivity contribution in [2.75, 3.05) is 51.6 Å². The van der Waals surface area contributed by atoms with E-state index in [1.807, 2.05) is 0 Å². The summed E-state index contributed by atoms with van der Waals surface area (Å²) in [6.45, 7) is 1.79. The second-order valence-electron chi connectivity index (χ2n) is 5.22. The number of anilines is 9. The van der Waals surface area contributed by atoms with E-state index in [1.165, 1.54) is 0 Å². The third-order valence-corrected chi connectivity index (χ3v) is 5.55. The lowest BCUT2D eigenvalue weighted by Crippen LogP contribution is -2.23. The van der Waals surface area contributed by atoms with Gasteiger partial charge in [0.05, 0.1) is 51.2 Å². The number of benzene rings is 2. The first-order valence-corrected chi connectivity index (χ1v) is 7.60. The van der Waals surface area contributed by atoms with E-state index < -0.39 is 0 Å². The van der Waals surface area contributed by atoms with Crippen LogP contribution in [-0.2, 0) is 0 Å². The molecule has 0 amide bonds. The highest BCUT2D eigenvalue weighted by Crippen LogP contribution is 2.39. The number of hydrogen-bond donors (Lipinski definition) is 9. The molecule has 9 nitrogen and oxygen atoms in total. The lowest BCUT2D eigenvalue weighted by molar-refractivity contribution is 1.51. The summed E-state index contributed by atoms with van der Waals surface area (Å²) < 4.78 is 0. The molecule has 2 aromatic rings. The Hall–Kier alpha value is -2.93. The van der Waals surface area contributed by atoms with Crippen LogP contribution in [0.2, 0.25) is 0 Å². The second-order valence-corrected chi connectivity index (χ2v) is 6.47. The fraction of sp³-hybridized carbons (Fsp3) is 0.0769. The van der Waals surface area contributed by atoms with Crippen LogP contribution >= 0.6 is 8.58 Å². The van der Waals surface area contributed by atoms with Crippen LogP contribution in [-0.4, -0.2) is 0 Å². The Balaban J connectivity index is 2.71. The van der Waals surface area contributed by atoms with Crippen LogP contribution < -0.4 is 62.2 Å². The Morgan fingerprint density at radius 2 is 0.739 bits per heavy atom. The van der Waals surface area contributed by atoms with Gasteiger partial charge in [-0.15, -0.1) is 0 Å². The van der Waals surface area contributed by atoms with Crippen molar-refractivity contribution in [1.82, 2.24) is 0 Å². The summed E-state index contributed by atoms with van der Waals surface area (Å²) in [5.74, 6) is 0. The van der Waals surface area contributed by atoms with Crippen LogP contribution in [0.4, 0.5) is 51.2 Å². The molecule has 0 aliphatic heterocycles. The lowest BCUT2D eigenvalue weighted by atomic mass is 10.1. The first kappa shape index (κ1) is 16.4. The third kappa shape index (κ3) is 2.31. The largest absolute Gasteiger partial charge is 0.397 e. The van der Waals surface area contributed by atoms with Gasteiger partial charge in [-0.05, 0) is 12.5 Å². The number of hydrogen-bond acceptors (Lipinski definition) is 9. The third-order valence-electron chi connectivity index (χ3n) is 3.87. The van der Waals surface area contributed by atoms with Crippen molar-refractivity contribution in [1.29, 1.82) is 0 Å². The highest BCUT2D eigenvalue weighted by Gasteiger charge is 2.21. The predicted octanol–water partition coefficient (Wildman–Crippen LogP) is -1.14. The molecule has 124 valence electrons. The molecule has 0 aliphatic carbocycles. The predicted molar refractivity (Wildman–Crippen MR) is 105 cm³/mol. The molecule has 0 aliphatic rings. The van der Waals surface area contributed by atoms with Crippen molar-refractivity contribution in [2.24, 2.45) is 0 Å². The van der Waals surface area contributed by atoms with E-state index in [-0.39, 0.29) is 48.4 Å². The molecule has 1 atom stereocenters. The van der Waals surface area contributed by atoms with Gasteiger partial charge in [-0.2, -0.15) is 0 Å². The van der Waals surface area contributed by atoms with Crippen LogP contribution in [0.3, 0.4) is 0 Å². The molecule has 0 saturated heterocycles. The molecular formula is C13H22N9P. The Kier molecular flexibility index (Phi) is 3.83. The minimum atomic E-state index is -0.0557. The molecule has 23 heavy (non-hydrogen) atoms. The van der Waals surface area contributed by atoms with E-state index in [0.717, 1.165) is 0 Å². The smallest absolute Gasteiger partial charge is 0.0824 e. The molecule has 1 unspecified atom stereocenters. The molecular weight excluding hydrogens is 313 g/mol. The topological polar surface area (TPSA) is 234 Å². The molecule has 0 fully saturated rings. The van der Waals surface area contributed by atoms with Crippen molar-refractivity contribution >= 4 is 70.4 Å². The molecule has 0 spiro atoms. The summed E-state index contributed by atoms with van der Waals surface area (Å²) >= 11 is 0. The van der Waals surface area contributed by atoms with Crippen molar-refractivity contribution in [3.63, 3.8) is 0 Å². The fourth-order valence-electron chi connectivity index (χ4n) is 2.23. The maximum absolute atomic E-state index is 6.08. The average molecular weight is 335 g/mol. The molecule has 0 bridgehead atoms. The highest BCUT2D eigenvalue weighted by molar-refractivity contribution is 7.57. The zero-order valence-corrected chi connectivity index (χ0v) is 13.7. The van der Waals surface area contributed by atoms with Crippen LogP contribution in [0.15, 0.2) is 0 Å². The average Bonchev–Trinajstić information content (AvgIpc) is 2.54. The van der Waals surface area contributed by atoms with E-state index in [2.05, 4.69) is 0 Å². The first-order chi connectivity index (χ1) is 10.6. The van der Waals surface area contributed by atoms with E-state index >= 15 is 0 Å². The monoisotopic (exact) mass is 335 g/mol. The Bertz CT molecular complexity index is 691. The zero-order chi connectivity index (χ0) is 17.6. The Morgan fingerprint density at radius 3 is 1.17 bits per heavy atom. The van der Waals surface area contributed by atoms with E-state index in [1.54, 1.807) is 6.92 Å². The summed E-state index contributed by atoms with van der Waals surface area (Å²) in [7, 11) is -0.0557. The van der Waals surface area contributed by atoms with Gasteiger partial charge in [-0.25, -0.2) is 0 Å². The summed E-state index contributed by atoms with van der Waals surface area (Å²) in [5, 5.41) is 1.24. The summed E-state index contributed by atoms with van der Waals surface area (Å²) in [5.41, 5.74) is 56.4. The second kappa shape index (κ2) is 5.36. The molecule has 10 heteroatoms. The number of nitrogens with two attached hydrogens (primary N) is 9. The van der Waals surface area contributed by atoms with Gasteiger partial charge in [0.25, 0.3) is 0 Å². The molecule has 0 saturated carbocycles. The SMILES string of the molecule is Cc1c(N)c(N)c(N)c(N)c1Pc1c(N)c(N)c(N)c(N)c1N. The van der Waals surface area contributed by atoms with Crippen molar-refractivity contribution in [3.05, 3.63) is 5.56 Å². The quantitative estimate of drug-likeness (QED) is 0.238. The number of rotatable bonds is 2. The molecule has 2 aromatic carbocycles. The first-order valence-electron chi connectivity index (χ1n) is 6.60. The zero-order valence-electron chi connectivity index (χ0n) is 12.7. The highest BCUT2D eigenvalue weighted by atomic mass is 31.1. The van der Waals surface area contributed by atoms with Gasteiger partial charge < -0.3 is 51.6 Å². The Labute approximate surface area is 135 Å². The summed E-state index contributed by atoms with van der Waals surface area (Å²) in [6.07, 6.45) is 0.